The summed E-state index contributed by atoms with van der Waals surface area (Å²) in [5.74, 6) is -0.463. The Morgan fingerprint density at radius 1 is 0.964 bits per heavy atom. The first-order valence-electron chi connectivity index (χ1n) is 9.15. The summed E-state index contributed by atoms with van der Waals surface area (Å²) >= 11 is 3.35. The molecule has 0 aliphatic carbocycles. The summed E-state index contributed by atoms with van der Waals surface area (Å²) in [7, 11) is 0. The molecule has 1 atom stereocenters. The quantitative estimate of drug-likeness (QED) is 0.786. The van der Waals surface area contributed by atoms with Crippen LogP contribution in [0.1, 0.15) is 6.42 Å². The van der Waals surface area contributed by atoms with Crippen molar-refractivity contribution in [2.45, 2.75) is 12.6 Å². The van der Waals surface area contributed by atoms with E-state index in [1.165, 1.54) is 11.0 Å². The summed E-state index contributed by atoms with van der Waals surface area (Å²) in [5.41, 5.74) is 1.14. The van der Waals surface area contributed by atoms with Crippen molar-refractivity contribution in [3.8, 4) is 0 Å². The maximum atomic E-state index is 14.0. The van der Waals surface area contributed by atoms with E-state index < -0.39 is 6.03 Å². The Kier molecular flexibility index (Phi) is 5.32. The van der Waals surface area contributed by atoms with E-state index in [-0.39, 0.29) is 24.3 Å². The third-order valence-electron chi connectivity index (χ3n) is 5.14. The van der Waals surface area contributed by atoms with Crippen molar-refractivity contribution in [1.82, 2.24) is 10.2 Å². The van der Waals surface area contributed by atoms with Crippen LogP contribution in [0.3, 0.4) is 0 Å². The number of hydrogen-bond donors (Lipinski definition) is 1. The Balaban J connectivity index is 1.39. The fourth-order valence-corrected chi connectivity index (χ4v) is 3.95. The number of rotatable bonds is 3. The fraction of sp³-hybridized carbons (Fsp3) is 0.300. The van der Waals surface area contributed by atoms with Crippen LogP contribution < -0.4 is 15.1 Å². The van der Waals surface area contributed by atoms with Crippen LogP contribution in [-0.4, -0.2) is 49.2 Å². The van der Waals surface area contributed by atoms with E-state index in [9.17, 15) is 14.0 Å². The summed E-state index contributed by atoms with van der Waals surface area (Å²) in [5, 5.41) is 2.93. The van der Waals surface area contributed by atoms with Gasteiger partial charge in [0.1, 0.15) is 5.82 Å². The molecule has 6 nitrogen and oxygen atoms in total. The van der Waals surface area contributed by atoms with E-state index in [0.717, 1.165) is 4.47 Å². The van der Waals surface area contributed by atoms with E-state index in [4.69, 9.17) is 0 Å². The number of piperazine rings is 1. The van der Waals surface area contributed by atoms with Crippen molar-refractivity contribution < 1.29 is 14.0 Å². The van der Waals surface area contributed by atoms with E-state index >= 15 is 0 Å². The van der Waals surface area contributed by atoms with Gasteiger partial charge in [-0.1, -0.05) is 28.1 Å². The van der Waals surface area contributed by atoms with E-state index in [0.29, 0.717) is 37.6 Å². The number of carbonyl (C=O) groups excluding carboxylic acids is 2. The van der Waals surface area contributed by atoms with Crippen LogP contribution in [0.4, 0.5) is 20.6 Å². The number of benzene rings is 2. The lowest BCUT2D eigenvalue weighted by atomic mass is 10.1. The molecule has 3 amide bonds. The molecule has 2 aromatic carbocycles. The van der Waals surface area contributed by atoms with Crippen molar-refractivity contribution >= 4 is 39.2 Å². The fourth-order valence-electron chi connectivity index (χ4n) is 3.68. The zero-order valence-corrected chi connectivity index (χ0v) is 16.7. The van der Waals surface area contributed by atoms with Gasteiger partial charge in [0.2, 0.25) is 5.91 Å². The Bertz CT molecular complexity index is 866. The first-order chi connectivity index (χ1) is 13.5. The maximum absolute atomic E-state index is 14.0. The Morgan fingerprint density at radius 3 is 2.29 bits per heavy atom. The molecule has 1 N–H and O–H groups in total. The topological polar surface area (TPSA) is 55.9 Å². The van der Waals surface area contributed by atoms with Crippen LogP contribution in [0, 0.1) is 5.82 Å². The van der Waals surface area contributed by atoms with Gasteiger partial charge in [0.15, 0.2) is 0 Å². The van der Waals surface area contributed by atoms with Crippen molar-refractivity contribution in [3.05, 3.63) is 58.8 Å². The van der Waals surface area contributed by atoms with Gasteiger partial charge in [-0.2, -0.15) is 0 Å². The van der Waals surface area contributed by atoms with E-state index in [2.05, 4.69) is 26.1 Å². The van der Waals surface area contributed by atoms with Crippen LogP contribution >= 0.6 is 15.9 Å². The predicted octanol–water partition coefficient (Wildman–Crippen LogP) is 3.18. The molecule has 0 saturated carbocycles. The number of imide groups is 1. The van der Waals surface area contributed by atoms with Gasteiger partial charge in [0, 0.05) is 30.7 Å². The highest BCUT2D eigenvalue weighted by atomic mass is 79.9. The van der Waals surface area contributed by atoms with Gasteiger partial charge >= 0.3 is 6.03 Å². The monoisotopic (exact) mass is 446 g/mol. The van der Waals surface area contributed by atoms with Crippen molar-refractivity contribution in [2.75, 3.05) is 36.0 Å². The molecule has 2 aliphatic heterocycles. The minimum absolute atomic E-state index is 0.210. The average Bonchev–Trinajstić information content (AvgIpc) is 2.69. The summed E-state index contributed by atoms with van der Waals surface area (Å²) in [6.45, 7) is 2.56. The average molecular weight is 447 g/mol. The summed E-state index contributed by atoms with van der Waals surface area (Å²) < 4.78 is 14.9. The lowest BCUT2D eigenvalue weighted by Crippen LogP contribution is -2.63. The number of anilines is 2. The molecule has 8 heteroatoms. The minimum Gasteiger partial charge on any atom is -0.367 e. The van der Waals surface area contributed by atoms with Gasteiger partial charge in [0.25, 0.3) is 0 Å². The van der Waals surface area contributed by atoms with Gasteiger partial charge in [-0.05, 0) is 36.4 Å². The number of hydrogen-bond acceptors (Lipinski definition) is 4. The molecule has 1 unspecified atom stereocenters. The molecule has 0 aromatic heterocycles. The molecular formula is C20H20BrFN4O2. The molecule has 0 radical (unpaired) electrons. The summed E-state index contributed by atoms with van der Waals surface area (Å²) in [4.78, 5) is 30.5. The first kappa shape index (κ1) is 18.9. The van der Waals surface area contributed by atoms with Crippen molar-refractivity contribution in [1.29, 1.82) is 0 Å². The molecule has 28 heavy (non-hydrogen) atoms. The molecule has 2 heterocycles. The van der Waals surface area contributed by atoms with Crippen LogP contribution in [0.5, 0.6) is 0 Å². The second-order valence-electron chi connectivity index (χ2n) is 6.85. The van der Waals surface area contributed by atoms with Crippen LogP contribution in [0.15, 0.2) is 53.0 Å². The molecule has 4 rings (SSSR count). The van der Waals surface area contributed by atoms with Crippen LogP contribution in [0.25, 0.3) is 0 Å². The third-order valence-corrected chi connectivity index (χ3v) is 5.67. The van der Waals surface area contributed by atoms with Gasteiger partial charge in [-0.25, -0.2) is 14.1 Å². The summed E-state index contributed by atoms with van der Waals surface area (Å²) in [6, 6.07) is 13.4. The molecule has 2 saturated heterocycles. The normalized spacial score (nSPS) is 21.0. The molecule has 0 spiro atoms. The van der Waals surface area contributed by atoms with E-state index in [1.807, 2.05) is 11.0 Å². The SMILES string of the molecule is O=C1CC(N2CCN(c3ccccc3F)CC2)NC(=O)N1c1ccc(Br)cc1. The van der Waals surface area contributed by atoms with Crippen molar-refractivity contribution in [3.63, 3.8) is 0 Å². The highest BCUT2D eigenvalue weighted by Gasteiger charge is 2.37. The number of nitrogens with zero attached hydrogens (tertiary/aromatic N) is 3. The number of urea groups is 1. The van der Waals surface area contributed by atoms with Crippen LogP contribution in [-0.2, 0) is 4.79 Å². The minimum atomic E-state index is -0.417. The zero-order chi connectivity index (χ0) is 19.7. The highest BCUT2D eigenvalue weighted by Crippen LogP contribution is 2.24. The second kappa shape index (κ2) is 7.89. The van der Waals surface area contributed by atoms with Crippen LogP contribution in [0.2, 0.25) is 0 Å². The van der Waals surface area contributed by atoms with Gasteiger partial charge in [-0.3, -0.25) is 9.69 Å². The molecule has 2 aliphatic rings. The molecular weight excluding hydrogens is 427 g/mol. The number of nitrogens with one attached hydrogen (secondary N) is 1. The molecule has 0 bridgehead atoms. The van der Waals surface area contributed by atoms with Gasteiger partial charge in [-0.15, -0.1) is 0 Å². The third kappa shape index (κ3) is 3.74. The number of para-hydroxylation sites is 1. The van der Waals surface area contributed by atoms with Crippen molar-refractivity contribution in [2.24, 2.45) is 0 Å². The Morgan fingerprint density at radius 2 is 1.64 bits per heavy atom. The number of halogens is 2. The molecule has 146 valence electrons. The highest BCUT2D eigenvalue weighted by molar-refractivity contribution is 9.10. The predicted molar refractivity (Wildman–Crippen MR) is 109 cm³/mol. The second-order valence-corrected chi connectivity index (χ2v) is 7.77. The lowest BCUT2D eigenvalue weighted by molar-refractivity contribution is -0.120. The smallest absolute Gasteiger partial charge is 0.329 e. The number of amides is 3. The van der Waals surface area contributed by atoms with Gasteiger partial charge in [0.05, 0.1) is 24.0 Å². The largest absolute Gasteiger partial charge is 0.367 e. The first-order valence-corrected chi connectivity index (χ1v) is 9.95. The zero-order valence-electron chi connectivity index (χ0n) is 15.1. The maximum Gasteiger partial charge on any atom is 0.329 e. The van der Waals surface area contributed by atoms with Gasteiger partial charge < -0.3 is 10.2 Å². The molecule has 2 aromatic rings. The number of carbonyl (C=O) groups is 2. The summed E-state index contributed by atoms with van der Waals surface area (Å²) in [6.07, 6.45) is -0.129. The standard InChI is InChI=1S/C20H20BrFN4O2/c21-14-5-7-15(8-6-14)26-19(27)13-18(23-20(26)28)25-11-9-24(10-12-25)17-4-2-1-3-16(17)22/h1-8,18H,9-13H2,(H,23,28). The lowest BCUT2D eigenvalue weighted by Gasteiger charge is -2.42. The molecule has 2 fully saturated rings. The van der Waals surface area contributed by atoms with E-state index in [1.54, 1.807) is 36.4 Å². The Hall–Kier alpha value is -2.45. The Labute approximate surface area is 171 Å².